The van der Waals surface area contributed by atoms with Crippen molar-refractivity contribution in [2.24, 2.45) is 0 Å². The molecule has 1 heterocycles. The van der Waals surface area contributed by atoms with Crippen LogP contribution in [0.2, 0.25) is 0 Å². The van der Waals surface area contributed by atoms with E-state index in [0.717, 1.165) is 0 Å². The first-order valence-electron chi connectivity index (χ1n) is 3.74. The molecule has 1 rings (SSSR count). The van der Waals surface area contributed by atoms with Crippen LogP contribution in [0.1, 0.15) is 13.3 Å². The number of allylic oxidation sites excluding steroid dienone is 1. The minimum Gasteiger partial charge on any atom is -0.357 e. The quantitative estimate of drug-likeness (QED) is 0.591. The summed E-state index contributed by atoms with van der Waals surface area (Å²) in [6, 6.07) is 0. The maximum absolute atomic E-state index is 11.3. The Bertz CT molecular complexity index is 241. The van der Waals surface area contributed by atoms with Crippen LogP contribution in [-0.2, 0) is 14.3 Å². The van der Waals surface area contributed by atoms with Gasteiger partial charge in [0.25, 0.3) is 5.78 Å². The van der Waals surface area contributed by atoms with Gasteiger partial charge in [-0.2, -0.15) is 0 Å². The zero-order valence-electron chi connectivity index (χ0n) is 7.09. The average Bonchev–Trinajstić information content (AvgIpc) is 2.11. The van der Waals surface area contributed by atoms with Crippen molar-refractivity contribution in [1.82, 2.24) is 5.32 Å². The lowest BCUT2D eigenvalue weighted by Crippen LogP contribution is -2.55. The molecule has 0 bridgehead atoms. The fourth-order valence-electron chi connectivity index (χ4n) is 1.15. The van der Waals surface area contributed by atoms with E-state index >= 15 is 0 Å². The van der Waals surface area contributed by atoms with E-state index in [9.17, 15) is 9.59 Å². The van der Waals surface area contributed by atoms with Gasteiger partial charge in [-0.15, -0.1) is 0 Å². The Morgan fingerprint density at radius 2 is 2.25 bits per heavy atom. The third-order valence-corrected chi connectivity index (χ3v) is 1.99. The van der Waals surface area contributed by atoms with Crippen molar-refractivity contribution in [3.05, 3.63) is 12.3 Å². The Labute approximate surface area is 70.6 Å². The van der Waals surface area contributed by atoms with E-state index in [0.29, 0.717) is 6.42 Å². The summed E-state index contributed by atoms with van der Waals surface area (Å²) in [5.74, 6) is -1.05. The molecule has 0 saturated carbocycles. The highest BCUT2D eigenvalue weighted by Gasteiger charge is 2.41. The van der Waals surface area contributed by atoms with Gasteiger partial charge in [0.15, 0.2) is 0 Å². The van der Waals surface area contributed by atoms with Crippen molar-refractivity contribution < 1.29 is 14.3 Å². The van der Waals surface area contributed by atoms with Crippen molar-refractivity contribution >= 4 is 11.6 Å². The lowest BCUT2D eigenvalue weighted by atomic mass is 9.99. The molecule has 12 heavy (non-hydrogen) atoms. The van der Waals surface area contributed by atoms with E-state index in [2.05, 4.69) is 5.32 Å². The standard InChI is InChI=1S/C8H11NO3/c1-3-8(12-2)7(11)6(10)4-5-9-8/h4-5,9H,3H2,1-2H3. The van der Waals surface area contributed by atoms with Gasteiger partial charge in [0.05, 0.1) is 0 Å². The van der Waals surface area contributed by atoms with Gasteiger partial charge in [-0.3, -0.25) is 9.59 Å². The summed E-state index contributed by atoms with van der Waals surface area (Å²) in [4.78, 5) is 22.3. The summed E-state index contributed by atoms with van der Waals surface area (Å²) < 4.78 is 4.98. The number of Topliss-reactive ketones (excluding diaryl/α,β-unsaturated/α-hetero) is 1. The molecule has 1 atom stereocenters. The molecular weight excluding hydrogens is 158 g/mol. The fraction of sp³-hybridized carbons (Fsp3) is 0.500. The monoisotopic (exact) mass is 169 g/mol. The number of ketones is 2. The molecule has 0 aromatic heterocycles. The molecule has 66 valence electrons. The number of ether oxygens (including phenoxy) is 1. The van der Waals surface area contributed by atoms with Crippen LogP contribution in [0.3, 0.4) is 0 Å². The first kappa shape index (κ1) is 8.93. The summed E-state index contributed by atoms with van der Waals surface area (Å²) in [7, 11) is 1.40. The van der Waals surface area contributed by atoms with Crippen LogP contribution in [0, 0.1) is 0 Å². The largest absolute Gasteiger partial charge is 0.357 e. The van der Waals surface area contributed by atoms with Crippen LogP contribution < -0.4 is 5.32 Å². The Morgan fingerprint density at radius 1 is 1.58 bits per heavy atom. The molecule has 1 N–H and O–H groups in total. The molecule has 0 radical (unpaired) electrons. The van der Waals surface area contributed by atoms with Crippen molar-refractivity contribution in [3.8, 4) is 0 Å². The van der Waals surface area contributed by atoms with E-state index in [1.807, 2.05) is 0 Å². The summed E-state index contributed by atoms with van der Waals surface area (Å²) in [6.07, 6.45) is 3.07. The van der Waals surface area contributed by atoms with Crippen LogP contribution in [0.15, 0.2) is 12.3 Å². The molecule has 1 unspecified atom stereocenters. The van der Waals surface area contributed by atoms with Crippen molar-refractivity contribution in [2.45, 2.75) is 19.1 Å². The van der Waals surface area contributed by atoms with E-state index < -0.39 is 17.3 Å². The van der Waals surface area contributed by atoms with Crippen LogP contribution in [0.5, 0.6) is 0 Å². The molecule has 4 heteroatoms. The van der Waals surface area contributed by atoms with Crippen molar-refractivity contribution in [1.29, 1.82) is 0 Å². The Morgan fingerprint density at radius 3 is 2.67 bits per heavy atom. The molecule has 0 saturated heterocycles. The molecule has 1 aliphatic rings. The summed E-state index contributed by atoms with van der Waals surface area (Å²) in [5.41, 5.74) is -1.13. The maximum Gasteiger partial charge on any atom is 0.254 e. The van der Waals surface area contributed by atoms with E-state index in [4.69, 9.17) is 4.74 Å². The van der Waals surface area contributed by atoms with Gasteiger partial charge in [0.2, 0.25) is 11.5 Å². The lowest BCUT2D eigenvalue weighted by molar-refractivity contribution is -0.152. The summed E-state index contributed by atoms with van der Waals surface area (Å²) in [5, 5.41) is 2.74. The van der Waals surface area contributed by atoms with E-state index in [1.54, 1.807) is 6.92 Å². The fourth-order valence-corrected chi connectivity index (χ4v) is 1.15. The van der Waals surface area contributed by atoms with Crippen molar-refractivity contribution in [2.75, 3.05) is 7.11 Å². The van der Waals surface area contributed by atoms with Crippen molar-refractivity contribution in [3.63, 3.8) is 0 Å². The Kier molecular flexibility index (Phi) is 2.28. The number of hydrogen-bond acceptors (Lipinski definition) is 4. The third kappa shape index (κ3) is 1.14. The normalized spacial score (nSPS) is 28.8. The molecular formula is C8H11NO3. The molecule has 0 amide bonds. The number of carbonyl (C=O) groups is 2. The molecule has 0 aromatic rings. The second kappa shape index (κ2) is 3.06. The number of hydrogen-bond donors (Lipinski definition) is 1. The lowest BCUT2D eigenvalue weighted by Gasteiger charge is -2.30. The number of rotatable bonds is 2. The Balaban J connectivity index is 2.98. The molecule has 0 aliphatic carbocycles. The smallest absolute Gasteiger partial charge is 0.254 e. The molecule has 4 nitrogen and oxygen atoms in total. The van der Waals surface area contributed by atoms with Crippen LogP contribution in [0.25, 0.3) is 0 Å². The highest BCUT2D eigenvalue weighted by Crippen LogP contribution is 2.16. The van der Waals surface area contributed by atoms with Gasteiger partial charge in [-0.1, -0.05) is 6.92 Å². The van der Waals surface area contributed by atoms with Gasteiger partial charge in [0, 0.05) is 25.8 Å². The van der Waals surface area contributed by atoms with Crippen LogP contribution >= 0.6 is 0 Å². The van der Waals surface area contributed by atoms with Gasteiger partial charge in [-0.05, 0) is 0 Å². The van der Waals surface area contributed by atoms with Gasteiger partial charge >= 0.3 is 0 Å². The zero-order valence-corrected chi connectivity index (χ0v) is 7.09. The second-order valence-electron chi connectivity index (χ2n) is 2.56. The van der Waals surface area contributed by atoms with Crippen LogP contribution in [0.4, 0.5) is 0 Å². The van der Waals surface area contributed by atoms with Gasteiger partial charge in [-0.25, -0.2) is 0 Å². The first-order valence-corrected chi connectivity index (χ1v) is 3.74. The highest BCUT2D eigenvalue weighted by atomic mass is 16.5. The topological polar surface area (TPSA) is 55.4 Å². The predicted octanol–water partition coefficient (Wildman–Crippen LogP) is -0.00580. The molecule has 1 aliphatic heterocycles. The third-order valence-electron chi connectivity index (χ3n) is 1.99. The number of carbonyl (C=O) groups excluding carboxylic acids is 2. The molecule has 0 fully saturated rings. The Hall–Kier alpha value is -1.16. The number of methoxy groups -OCH3 is 1. The van der Waals surface area contributed by atoms with Gasteiger partial charge < -0.3 is 10.1 Å². The average molecular weight is 169 g/mol. The van der Waals surface area contributed by atoms with Crippen LogP contribution in [-0.4, -0.2) is 24.4 Å². The van der Waals surface area contributed by atoms with E-state index in [1.165, 1.54) is 19.4 Å². The summed E-state index contributed by atoms with van der Waals surface area (Å²) >= 11 is 0. The summed E-state index contributed by atoms with van der Waals surface area (Å²) in [6.45, 7) is 1.78. The zero-order chi connectivity index (χ0) is 9.19. The minimum absolute atomic E-state index is 0.429. The first-order chi connectivity index (χ1) is 5.66. The molecule has 0 spiro atoms. The molecule has 0 aromatic carbocycles. The minimum atomic E-state index is -1.13. The van der Waals surface area contributed by atoms with E-state index in [-0.39, 0.29) is 0 Å². The highest BCUT2D eigenvalue weighted by molar-refractivity contribution is 6.44. The van der Waals surface area contributed by atoms with Gasteiger partial charge in [0.1, 0.15) is 0 Å². The SMILES string of the molecule is CCC1(OC)NC=CC(=O)C1=O. The second-order valence-corrected chi connectivity index (χ2v) is 2.56. The maximum atomic E-state index is 11.3. The predicted molar refractivity (Wildman–Crippen MR) is 42.3 cm³/mol. The number of nitrogens with one attached hydrogen (secondary N) is 1.